The van der Waals surface area contributed by atoms with Gasteiger partial charge in [-0.25, -0.2) is 0 Å². The van der Waals surface area contributed by atoms with Crippen LogP contribution in [-0.4, -0.2) is 19.2 Å². The van der Waals surface area contributed by atoms with Gasteiger partial charge in [-0.1, -0.05) is 26.0 Å². The standard InChI is InChI=1S/C11H15NO.C2H6/c1-8-9(2)13-11-7-5-4-6-10(11)12(8)3;1-2/h4-9H,1-3H3;1-2H3. The zero-order valence-electron chi connectivity index (χ0n) is 10.3. The normalized spacial score (nSPS) is 23.4. The number of benzene rings is 1. The zero-order chi connectivity index (χ0) is 11.4. The number of fused-ring (bicyclic) bond motifs is 1. The minimum atomic E-state index is 0.264. The highest BCUT2D eigenvalue weighted by Crippen LogP contribution is 2.34. The van der Waals surface area contributed by atoms with Crippen molar-refractivity contribution in [3.63, 3.8) is 0 Å². The summed E-state index contributed by atoms with van der Waals surface area (Å²) in [6, 6.07) is 8.61. The zero-order valence-corrected chi connectivity index (χ0v) is 10.3. The maximum atomic E-state index is 5.77. The van der Waals surface area contributed by atoms with Crippen LogP contribution < -0.4 is 9.64 Å². The third kappa shape index (κ3) is 2.25. The van der Waals surface area contributed by atoms with Gasteiger partial charge in [0.1, 0.15) is 11.9 Å². The van der Waals surface area contributed by atoms with Crippen LogP contribution in [0.3, 0.4) is 0 Å². The minimum absolute atomic E-state index is 0.264. The number of nitrogens with zero attached hydrogens (tertiary/aromatic N) is 1. The fraction of sp³-hybridized carbons (Fsp3) is 0.538. The molecule has 0 bridgehead atoms. The Morgan fingerprint density at radius 3 is 2.40 bits per heavy atom. The van der Waals surface area contributed by atoms with E-state index in [1.54, 1.807) is 0 Å². The average Bonchev–Trinajstić information content (AvgIpc) is 2.29. The van der Waals surface area contributed by atoms with Crippen LogP contribution in [0.2, 0.25) is 0 Å². The second-order valence-corrected chi connectivity index (χ2v) is 3.64. The van der Waals surface area contributed by atoms with Gasteiger partial charge >= 0.3 is 0 Å². The maximum absolute atomic E-state index is 5.77. The molecule has 0 saturated heterocycles. The molecule has 1 aliphatic heterocycles. The molecular weight excluding hydrogens is 186 g/mol. The van der Waals surface area contributed by atoms with E-state index in [0.29, 0.717) is 6.04 Å². The lowest BCUT2D eigenvalue weighted by Crippen LogP contribution is -2.44. The second-order valence-electron chi connectivity index (χ2n) is 3.64. The van der Waals surface area contributed by atoms with Gasteiger partial charge in [-0.15, -0.1) is 0 Å². The highest BCUT2D eigenvalue weighted by molar-refractivity contribution is 5.60. The fourth-order valence-corrected chi connectivity index (χ4v) is 1.68. The van der Waals surface area contributed by atoms with E-state index >= 15 is 0 Å². The molecule has 15 heavy (non-hydrogen) atoms. The van der Waals surface area contributed by atoms with Crippen molar-refractivity contribution in [2.75, 3.05) is 11.9 Å². The van der Waals surface area contributed by atoms with E-state index in [4.69, 9.17) is 4.74 Å². The van der Waals surface area contributed by atoms with Crippen LogP contribution in [0, 0.1) is 0 Å². The first-order valence-electron chi connectivity index (χ1n) is 5.68. The summed E-state index contributed by atoms with van der Waals surface area (Å²) in [5.41, 5.74) is 1.19. The van der Waals surface area contributed by atoms with Gasteiger partial charge in [-0.05, 0) is 26.0 Å². The van der Waals surface area contributed by atoms with Crippen molar-refractivity contribution >= 4 is 5.69 Å². The summed E-state index contributed by atoms with van der Waals surface area (Å²) in [5, 5.41) is 0. The van der Waals surface area contributed by atoms with Gasteiger partial charge in [0, 0.05) is 7.05 Å². The third-order valence-electron chi connectivity index (χ3n) is 2.85. The molecule has 2 atom stereocenters. The lowest BCUT2D eigenvalue weighted by Gasteiger charge is -2.38. The van der Waals surface area contributed by atoms with Crippen molar-refractivity contribution in [2.24, 2.45) is 0 Å². The van der Waals surface area contributed by atoms with Crippen molar-refractivity contribution in [1.82, 2.24) is 0 Å². The van der Waals surface area contributed by atoms with Crippen molar-refractivity contribution in [2.45, 2.75) is 39.8 Å². The number of hydrogen-bond acceptors (Lipinski definition) is 2. The van der Waals surface area contributed by atoms with Gasteiger partial charge in [0.05, 0.1) is 11.7 Å². The molecule has 2 unspecified atom stereocenters. The molecule has 0 saturated carbocycles. The topological polar surface area (TPSA) is 12.5 Å². The number of anilines is 1. The first-order valence-corrected chi connectivity index (χ1v) is 5.68. The molecule has 2 heteroatoms. The number of para-hydroxylation sites is 2. The molecule has 0 radical (unpaired) electrons. The van der Waals surface area contributed by atoms with Crippen LogP contribution in [0.25, 0.3) is 0 Å². The Balaban J connectivity index is 0.000000531. The Bertz CT molecular complexity index is 311. The number of rotatable bonds is 0. The quantitative estimate of drug-likeness (QED) is 0.647. The summed E-state index contributed by atoms with van der Waals surface area (Å²) >= 11 is 0. The molecule has 0 aromatic heterocycles. The predicted octanol–water partition coefficient (Wildman–Crippen LogP) is 3.32. The molecule has 2 rings (SSSR count). The van der Waals surface area contributed by atoms with Crippen LogP contribution >= 0.6 is 0 Å². The third-order valence-corrected chi connectivity index (χ3v) is 2.85. The molecule has 1 aromatic carbocycles. The van der Waals surface area contributed by atoms with Crippen molar-refractivity contribution < 1.29 is 4.74 Å². The molecule has 0 spiro atoms. The van der Waals surface area contributed by atoms with Crippen LogP contribution in [0.5, 0.6) is 5.75 Å². The summed E-state index contributed by atoms with van der Waals surface area (Å²) < 4.78 is 5.77. The van der Waals surface area contributed by atoms with Gasteiger partial charge < -0.3 is 9.64 Å². The molecule has 0 fully saturated rings. The molecule has 1 aliphatic rings. The first-order chi connectivity index (χ1) is 7.20. The summed E-state index contributed by atoms with van der Waals surface area (Å²) in [4.78, 5) is 2.27. The van der Waals surface area contributed by atoms with E-state index in [0.717, 1.165) is 5.75 Å². The summed E-state index contributed by atoms with van der Waals surface area (Å²) in [6.45, 7) is 8.29. The van der Waals surface area contributed by atoms with E-state index in [2.05, 4.69) is 31.9 Å². The molecule has 84 valence electrons. The van der Waals surface area contributed by atoms with Crippen molar-refractivity contribution in [3.8, 4) is 5.75 Å². The van der Waals surface area contributed by atoms with Gasteiger partial charge in [0.25, 0.3) is 0 Å². The average molecular weight is 207 g/mol. The SMILES string of the molecule is CC.CC1Oc2ccccc2N(C)C1C. The van der Waals surface area contributed by atoms with Crippen LogP contribution in [-0.2, 0) is 0 Å². The number of likely N-dealkylation sites (N-methyl/N-ethyl adjacent to an activating group) is 1. The highest BCUT2D eigenvalue weighted by Gasteiger charge is 2.26. The van der Waals surface area contributed by atoms with Crippen LogP contribution in [0.1, 0.15) is 27.7 Å². The Kier molecular flexibility index (Phi) is 4.01. The van der Waals surface area contributed by atoms with Gasteiger partial charge in [0.15, 0.2) is 0 Å². The van der Waals surface area contributed by atoms with Crippen LogP contribution in [0.4, 0.5) is 5.69 Å². The summed E-state index contributed by atoms with van der Waals surface area (Å²) in [7, 11) is 2.11. The Morgan fingerprint density at radius 1 is 1.13 bits per heavy atom. The lowest BCUT2D eigenvalue weighted by molar-refractivity contribution is 0.179. The van der Waals surface area contributed by atoms with E-state index in [9.17, 15) is 0 Å². The Hall–Kier alpha value is -1.18. The molecule has 0 aliphatic carbocycles. The lowest BCUT2D eigenvalue weighted by atomic mass is 10.1. The highest BCUT2D eigenvalue weighted by atomic mass is 16.5. The van der Waals surface area contributed by atoms with E-state index in [1.165, 1.54) is 5.69 Å². The molecular formula is C13H21NO. The van der Waals surface area contributed by atoms with Crippen molar-refractivity contribution in [1.29, 1.82) is 0 Å². The summed E-state index contributed by atoms with van der Waals surface area (Å²) in [5.74, 6) is 0.996. The van der Waals surface area contributed by atoms with E-state index < -0.39 is 0 Å². The van der Waals surface area contributed by atoms with Crippen molar-refractivity contribution in [3.05, 3.63) is 24.3 Å². The van der Waals surface area contributed by atoms with Gasteiger partial charge in [-0.2, -0.15) is 0 Å². The largest absolute Gasteiger partial charge is 0.486 e. The molecule has 2 nitrogen and oxygen atoms in total. The fourth-order valence-electron chi connectivity index (χ4n) is 1.68. The molecule has 0 N–H and O–H groups in total. The Morgan fingerprint density at radius 2 is 1.73 bits per heavy atom. The molecule has 1 heterocycles. The Labute approximate surface area is 92.9 Å². The molecule has 1 aromatic rings. The summed E-state index contributed by atoms with van der Waals surface area (Å²) in [6.07, 6.45) is 0.264. The number of ether oxygens (including phenoxy) is 1. The minimum Gasteiger partial charge on any atom is -0.486 e. The number of hydrogen-bond donors (Lipinski definition) is 0. The van der Waals surface area contributed by atoms with E-state index in [1.807, 2.05) is 32.0 Å². The first kappa shape index (κ1) is 11.9. The van der Waals surface area contributed by atoms with Gasteiger partial charge in [0.2, 0.25) is 0 Å². The van der Waals surface area contributed by atoms with Crippen LogP contribution in [0.15, 0.2) is 24.3 Å². The van der Waals surface area contributed by atoms with Gasteiger partial charge in [-0.3, -0.25) is 0 Å². The molecule has 0 amide bonds. The predicted molar refractivity (Wildman–Crippen MR) is 65.7 cm³/mol. The monoisotopic (exact) mass is 207 g/mol. The van der Waals surface area contributed by atoms with E-state index in [-0.39, 0.29) is 6.10 Å². The maximum Gasteiger partial charge on any atom is 0.143 e. The second kappa shape index (κ2) is 5.06. The smallest absolute Gasteiger partial charge is 0.143 e.